The zero-order valence-corrected chi connectivity index (χ0v) is 20.9. The van der Waals surface area contributed by atoms with Gasteiger partial charge in [-0.15, -0.1) is 0 Å². The molecule has 13 heteroatoms. The second-order valence-corrected chi connectivity index (χ2v) is 8.77. The van der Waals surface area contributed by atoms with E-state index < -0.39 is 59.9 Å². The van der Waals surface area contributed by atoms with Crippen LogP contribution in [0.25, 0.3) is 0 Å². The van der Waals surface area contributed by atoms with Gasteiger partial charge in [0.1, 0.15) is 18.1 Å². The van der Waals surface area contributed by atoms with Crippen LogP contribution in [-0.4, -0.2) is 76.6 Å². The van der Waals surface area contributed by atoms with E-state index in [0.29, 0.717) is 24.9 Å². The lowest BCUT2D eigenvalue weighted by molar-refractivity contribution is -0.142. The lowest BCUT2D eigenvalue weighted by atomic mass is 10.0. The van der Waals surface area contributed by atoms with Gasteiger partial charge in [0.25, 0.3) is 0 Å². The molecule has 1 aromatic carbocycles. The number of nitrogens with two attached hydrogens (primary N) is 3. The fourth-order valence-corrected chi connectivity index (χ4v) is 3.44. The summed E-state index contributed by atoms with van der Waals surface area (Å²) in [7, 11) is 0. The van der Waals surface area contributed by atoms with Gasteiger partial charge in [0.2, 0.25) is 23.6 Å². The van der Waals surface area contributed by atoms with Crippen LogP contribution in [0.2, 0.25) is 0 Å². The van der Waals surface area contributed by atoms with Gasteiger partial charge in [0, 0.05) is 12.8 Å². The van der Waals surface area contributed by atoms with E-state index in [4.69, 9.17) is 17.2 Å². The van der Waals surface area contributed by atoms with Gasteiger partial charge in [0.15, 0.2) is 0 Å². The Hall–Kier alpha value is -3.55. The van der Waals surface area contributed by atoms with Crippen molar-refractivity contribution in [2.24, 2.45) is 17.2 Å². The minimum Gasteiger partial charge on any atom is -0.480 e. The molecule has 0 spiro atoms. The number of rotatable bonds is 17. The molecule has 0 aliphatic carbocycles. The Morgan fingerprint density at radius 1 is 0.892 bits per heavy atom. The first-order chi connectivity index (χ1) is 17.5. The Kier molecular flexibility index (Phi) is 13.8. The molecule has 0 heterocycles. The molecular weight excluding hydrogens is 484 g/mol. The highest BCUT2D eigenvalue weighted by molar-refractivity contribution is 5.94. The average molecular weight is 523 g/mol. The minimum absolute atomic E-state index is 0.0287. The molecule has 5 unspecified atom stereocenters. The van der Waals surface area contributed by atoms with Crippen LogP contribution in [0.1, 0.15) is 44.6 Å². The van der Waals surface area contributed by atoms with E-state index in [-0.39, 0.29) is 25.7 Å². The van der Waals surface area contributed by atoms with Gasteiger partial charge >= 0.3 is 5.97 Å². The second-order valence-electron chi connectivity index (χ2n) is 8.77. The van der Waals surface area contributed by atoms with E-state index in [1.807, 2.05) is 0 Å². The Morgan fingerprint density at radius 3 is 2.05 bits per heavy atom. The molecule has 0 aromatic heterocycles. The summed E-state index contributed by atoms with van der Waals surface area (Å²) in [5.41, 5.74) is 17.0. The van der Waals surface area contributed by atoms with Gasteiger partial charge in [-0.25, -0.2) is 4.79 Å². The molecule has 1 aromatic rings. The fourth-order valence-electron chi connectivity index (χ4n) is 3.44. The van der Waals surface area contributed by atoms with Crippen LogP contribution in [0.3, 0.4) is 0 Å². The number of carboxylic acids is 1. The number of nitrogens with one attached hydrogen (secondary N) is 3. The summed E-state index contributed by atoms with van der Waals surface area (Å²) in [4.78, 5) is 61.0. The summed E-state index contributed by atoms with van der Waals surface area (Å²) in [5, 5.41) is 27.0. The third kappa shape index (κ3) is 11.8. The molecule has 11 N–H and O–H groups in total. The largest absolute Gasteiger partial charge is 0.480 e. The summed E-state index contributed by atoms with van der Waals surface area (Å²) in [6.45, 7) is 1.62. The maximum Gasteiger partial charge on any atom is 0.326 e. The van der Waals surface area contributed by atoms with Crippen LogP contribution >= 0.6 is 0 Å². The number of aliphatic hydroxyl groups excluding tert-OH is 1. The van der Waals surface area contributed by atoms with Crippen LogP contribution in [0.5, 0.6) is 0 Å². The molecule has 0 radical (unpaired) electrons. The number of hydrogen-bond donors (Lipinski definition) is 8. The highest BCUT2D eigenvalue weighted by Gasteiger charge is 2.32. The van der Waals surface area contributed by atoms with Crippen molar-refractivity contribution in [2.45, 2.75) is 75.7 Å². The van der Waals surface area contributed by atoms with Crippen molar-refractivity contribution in [3.8, 4) is 0 Å². The van der Waals surface area contributed by atoms with Crippen molar-refractivity contribution >= 4 is 29.6 Å². The molecule has 0 aliphatic rings. The molecule has 0 fully saturated rings. The number of hydrogen-bond acceptors (Lipinski definition) is 8. The normalized spacial score (nSPS) is 14.9. The summed E-state index contributed by atoms with van der Waals surface area (Å²) >= 11 is 0. The van der Waals surface area contributed by atoms with Crippen LogP contribution in [0.15, 0.2) is 30.3 Å². The van der Waals surface area contributed by atoms with Crippen molar-refractivity contribution in [1.29, 1.82) is 0 Å². The van der Waals surface area contributed by atoms with Crippen LogP contribution in [0.4, 0.5) is 0 Å². The lowest BCUT2D eigenvalue weighted by Crippen LogP contribution is -2.59. The van der Waals surface area contributed by atoms with E-state index in [1.54, 1.807) is 30.3 Å². The second kappa shape index (κ2) is 16.2. The quantitative estimate of drug-likeness (QED) is 0.104. The highest BCUT2D eigenvalue weighted by atomic mass is 16.4. The summed E-state index contributed by atoms with van der Waals surface area (Å²) in [5.74, 6) is -4.29. The Balaban J connectivity index is 2.95. The Morgan fingerprint density at radius 2 is 1.51 bits per heavy atom. The van der Waals surface area contributed by atoms with Gasteiger partial charge in [-0.05, 0) is 44.7 Å². The summed E-state index contributed by atoms with van der Waals surface area (Å²) < 4.78 is 0. The van der Waals surface area contributed by atoms with Crippen molar-refractivity contribution in [2.75, 3.05) is 6.54 Å². The molecular formula is C24H38N6O7. The Labute approximate surface area is 215 Å². The molecule has 1 rings (SSSR count). The number of aliphatic carboxylic acids is 1. The molecule has 5 atom stereocenters. The third-order valence-electron chi connectivity index (χ3n) is 5.58. The molecule has 0 saturated heterocycles. The molecule has 206 valence electrons. The first-order valence-corrected chi connectivity index (χ1v) is 12.1. The van der Waals surface area contributed by atoms with Crippen LogP contribution in [-0.2, 0) is 30.4 Å². The standard InChI is InChI=1S/C24H38N6O7/c1-14(31)20(30-21(33)16(26)10-11-19(27)32)23(35)28-17(9-5-6-12-25)22(34)29-18(24(36)37)13-15-7-3-2-4-8-15/h2-4,7-8,14,16-18,20,31H,5-6,9-13,25-26H2,1H3,(H2,27,32)(H,28,35)(H,29,34)(H,30,33)(H,36,37). The number of amides is 4. The topological polar surface area (TPSA) is 240 Å². The van der Waals surface area contributed by atoms with E-state index in [1.165, 1.54) is 6.92 Å². The third-order valence-corrected chi connectivity index (χ3v) is 5.58. The van der Waals surface area contributed by atoms with Crippen molar-refractivity contribution < 1.29 is 34.2 Å². The first kappa shape index (κ1) is 31.5. The molecule has 13 nitrogen and oxygen atoms in total. The summed E-state index contributed by atoms with van der Waals surface area (Å²) in [6, 6.07) is 3.71. The average Bonchev–Trinajstić information content (AvgIpc) is 2.84. The van der Waals surface area contributed by atoms with Gasteiger partial charge in [-0.2, -0.15) is 0 Å². The van der Waals surface area contributed by atoms with Gasteiger partial charge in [-0.1, -0.05) is 30.3 Å². The van der Waals surface area contributed by atoms with E-state index in [9.17, 15) is 34.2 Å². The van der Waals surface area contributed by atoms with Gasteiger partial charge < -0.3 is 43.4 Å². The maximum atomic E-state index is 13.0. The number of carbonyl (C=O) groups excluding carboxylic acids is 4. The van der Waals surface area contributed by atoms with E-state index in [0.717, 1.165) is 0 Å². The monoisotopic (exact) mass is 522 g/mol. The van der Waals surface area contributed by atoms with E-state index in [2.05, 4.69) is 16.0 Å². The van der Waals surface area contributed by atoms with Crippen molar-refractivity contribution in [1.82, 2.24) is 16.0 Å². The number of benzene rings is 1. The van der Waals surface area contributed by atoms with Crippen molar-refractivity contribution in [3.05, 3.63) is 35.9 Å². The zero-order chi connectivity index (χ0) is 28.0. The fraction of sp³-hybridized carbons (Fsp3) is 0.542. The first-order valence-electron chi connectivity index (χ1n) is 12.1. The van der Waals surface area contributed by atoms with Gasteiger partial charge in [0.05, 0.1) is 12.1 Å². The number of primary amides is 1. The minimum atomic E-state index is -1.46. The molecule has 0 aliphatic heterocycles. The highest BCUT2D eigenvalue weighted by Crippen LogP contribution is 2.07. The van der Waals surface area contributed by atoms with Gasteiger partial charge in [-0.3, -0.25) is 19.2 Å². The molecule has 37 heavy (non-hydrogen) atoms. The van der Waals surface area contributed by atoms with Crippen molar-refractivity contribution in [3.63, 3.8) is 0 Å². The van der Waals surface area contributed by atoms with Crippen LogP contribution < -0.4 is 33.2 Å². The number of carbonyl (C=O) groups is 5. The SMILES string of the molecule is CC(O)C(NC(=O)C(N)CCC(N)=O)C(=O)NC(CCCCN)C(=O)NC(Cc1ccccc1)C(=O)O. The Bertz CT molecular complexity index is 912. The number of unbranched alkanes of at least 4 members (excludes halogenated alkanes) is 1. The smallest absolute Gasteiger partial charge is 0.326 e. The van der Waals surface area contributed by atoms with E-state index >= 15 is 0 Å². The maximum absolute atomic E-state index is 13.0. The molecule has 4 amide bonds. The van der Waals surface area contributed by atoms with Crippen LogP contribution in [0, 0.1) is 0 Å². The zero-order valence-electron chi connectivity index (χ0n) is 20.9. The molecule has 0 bridgehead atoms. The predicted octanol–water partition coefficient (Wildman–Crippen LogP) is -2.13. The summed E-state index contributed by atoms with van der Waals surface area (Å²) in [6.07, 6.45) is -0.377. The molecule has 0 saturated carbocycles. The number of carboxylic acid groups (broad SMARTS) is 1. The number of aliphatic hydroxyl groups is 1. The predicted molar refractivity (Wildman–Crippen MR) is 135 cm³/mol. The lowest BCUT2D eigenvalue weighted by Gasteiger charge is -2.26.